The van der Waals surface area contributed by atoms with Gasteiger partial charge in [-0.15, -0.1) is 0 Å². The molecule has 1 amide bonds. The highest BCUT2D eigenvalue weighted by Gasteiger charge is 2.19. The number of carbonyl (C=O) groups is 1. The van der Waals surface area contributed by atoms with Crippen LogP contribution in [0.25, 0.3) is 0 Å². The van der Waals surface area contributed by atoms with Gasteiger partial charge in [-0.1, -0.05) is 42.5 Å². The van der Waals surface area contributed by atoms with Crippen LogP contribution in [0.1, 0.15) is 21.6 Å². The summed E-state index contributed by atoms with van der Waals surface area (Å²) in [6.07, 6.45) is 4.59. The first-order valence-electron chi connectivity index (χ1n) is 7.42. The second kappa shape index (κ2) is 6.83. The van der Waals surface area contributed by atoms with E-state index < -0.39 is 0 Å². The summed E-state index contributed by atoms with van der Waals surface area (Å²) in [5.41, 5.74) is 3.35. The number of rotatable bonds is 4. The molecule has 0 aliphatic carbocycles. The van der Waals surface area contributed by atoms with Crippen molar-refractivity contribution in [3.63, 3.8) is 0 Å². The van der Waals surface area contributed by atoms with Gasteiger partial charge in [0.2, 0.25) is 0 Å². The van der Waals surface area contributed by atoms with Crippen LogP contribution in [-0.2, 0) is 6.54 Å². The number of amides is 1. The van der Waals surface area contributed by atoms with Gasteiger partial charge in [-0.2, -0.15) is 0 Å². The van der Waals surface area contributed by atoms with E-state index in [1.165, 1.54) is 12.4 Å². The molecule has 0 aliphatic rings. The van der Waals surface area contributed by atoms with Crippen LogP contribution >= 0.6 is 0 Å². The zero-order valence-electron chi connectivity index (χ0n) is 12.9. The minimum Gasteiger partial charge on any atom is -0.303 e. The van der Waals surface area contributed by atoms with E-state index in [-0.39, 0.29) is 5.91 Å². The first-order chi connectivity index (χ1) is 11.2. The summed E-state index contributed by atoms with van der Waals surface area (Å²) in [7, 11) is 0. The van der Waals surface area contributed by atoms with Crippen molar-refractivity contribution in [2.75, 3.05) is 4.90 Å². The summed E-state index contributed by atoms with van der Waals surface area (Å²) in [6.45, 7) is 2.50. The van der Waals surface area contributed by atoms with Gasteiger partial charge in [-0.3, -0.25) is 9.78 Å². The average Bonchev–Trinajstić information content (AvgIpc) is 2.61. The number of benzene rings is 2. The van der Waals surface area contributed by atoms with Gasteiger partial charge >= 0.3 is 0 Å². The van der Waals surface area contributed by atoms with Gasteiger partial charge < -0.3 is 4.90 Å². The summed E-state index contributed by atoms with van der Waals surface area (Å²) in [6, 6.07) is 17.8. The number of anilines is 1. The Morgan fingerprint density at radius 1 is 1.04 bits per heavy atom. The fourth-order valence-electron chi connectivity index (χ4n) is 2.39. The van der Waals surface area contributed by atoms with Crippen LogP contribution in [0.15, 0.2) is 73.2 Å². The summed E-state index contributed by atoms with van der Waals surface area (Å²) < 4.78 is 0. The lowest BCUT2D eigenvalue weighted by atomic mass is 10.1. The fraction of sp³-hybridized carbons (Fsp3) is 0.105. The summed E-state index contributed by atoms with van der Waals surface area (Å²) in [5, 5.41) is 0. The molecule has 3 aromatic rings. The highest BCUT2D eigenvalue weighted by atomic mass is 16.2. The summed E-state index contributed by atoms with van der Waals surface area (Å²) in [4.78, 5) is 22.7. The Morgan fingerprint density at radius 2 is 1.87 bits per heavy atom. The molecule has 0 atom stereocenters. The molecule has 0 N–H and O–H groups in total. The van der Waals surface area contributed by atoms with Gasteiger partial charge in [0.05, 0.1) is 12.7 Å². The maximum Gasteiger partial charge on any atom is 0.278 e. The molecule has 0 radical (unpaired) electrons. The standard InChI is InChI=1S/C19H17N3O/c1-15-6-5-9-17(12-15)22(14-16-7-3-2-4-8-16)19(23)18-13-20-10-11-21-18/h2-13H,14H2,1H3. The van der Waals surface area contributed by atoms with E-state index in [1.807, 2.05) is 61.5 Å². The van der Waals surface area contributed by atoms with Crippen molar-refractivity contribution in [1.29, 1.82) is 0 Å². The fourth-order valence-corrected chi connectivity index (χ4v) is 2.39. The lowest BCUT2D eigenvalue weighted by Gasteiger charge is -2.23. The summed E-state index contributed by atoms with van der Waals surface area (Å²) in [5.74, 6) is -0.160. The van der Waals surface area contributed by atoms with Crippen molar-refractivity contribution >= 4 is 11.6 Å². The molecule has 4 nitrogen and oxygen atoms in total. The minimum absolute atomic E-state index is 0.160. The Labute approximate surface area is 135 Å². The average molecular weight is 303 g/mol. The molecular weight excluding hydrogens is 286 g/mol. The monoisotopic (exact) mass is 303 g/mol. The Bertz CT molecular complexity index is 788. The van der Waals surface area contributed by atoms with Crippen molar-refractivity contribution < 1.29 is 4.79 Å². The van der Waals surface area contributed by atoms with Crippen LogP contribution in [0.4, 0.5) is 5.69 Å². The third kappa shape index (κ3) is 3.61. The van der Waals surface area contributed by atoms with Gasteiger partial charge in [0.15, 0.2) is 0 Å². The number of carbonyl (C=O) groups excluding carboxylic acids is 1. The molecular formula is C19H17N3O. The molecule has 23 heavy (non-hydrogen) atoms. The van der Waals surface area contributed by atoms with E-state index in [2.05, 4.69) is 9.97 Å². The Morgan fingerprint density at radius 3 is 2.57 bits per heavy atom. The summed E-state index contributed by atoms with van der Waals surface area (Å²) >= 11 is 0. The topological polar surface area (TPSA) is 46.1 Å². The molecule has 3 rings (SSSR count). The molecule has 1 heterocycles. The van der Waals surface area contributed by atoms with Crippen molar-refractivity contribution in [1.82, 2.24) is 9.97 Å². The first-order valence-corrected chi connectivity index (χ1v) is 7.42. The molecule has 4 heteroatoms. The molecule has 0 aliphatic heterocycles. The molecule has 114 valence electrons. The van der Waals surface area contributed by atoms with E-state index in [1.54, 1.807) is 11.1 Å². The Balaban J connectivity index is 1.98. The third-order valence-electron chi connectivity index (χ3n) is 3.52. The van der Waals surface area contributed by atoms with Crippen LogP contribution in [0, 0.1) is 6.92 Å². The van der Waals surface area contributed by atoms with Crippen LogP contribution in [0.3, 0.4) is 0 Å². The smallest absolute Gasteiger partial charge is 0.278 e. The lowest BCUT2D eigenvalue weighted by molar-refractivity contribution is 0.0980. The van der Waals surface area contributed by atoms with E-state index >= 15 is 0 Å². The van der Waals surface area contributed by atoms with Crippen LogP contribution in [-0.4, -0.2) is 15.9 Å². The largest absolute Gasteiger partial charge is 0.303 e. The Hall–Kier alpha value is -3.01. The molecule has 0 saturated heterocycles. The lowest BCUT2D eigenvalue weighted by Crippen LogP contribution is -2.31. The zero-order chi connectivity index (χ0) is 16.1. The molecule has 0 saturated carbocycles. The normalized spacial score (nSPS) is 10.3. The highest BCUT2D eigenvalue weighted by Crippen LogP contribution is 2.20. The van der Waals surface area contributed by atoms with Gasteiger partial charge in [0, 0.05) is 18.1 Å². The van der Waals surface area contributed by atoms with Crippen LogP contribution in [0.2, 0.25) is 0 Å². The number of aromatic nitrogens is 2. The second-order valence-electron chi connectivity index (χ2n) is 5.31. The first kappa shape index (κ1) is 14.9. The van der Waals surface area contributed by atoms with Gasteiger partial charge in [0.25, 0.3) is 5.91 Å². The van der Waals surface area contributed by atoms with E-state index in [9.17, 15) is 4.79 Å². The van der Waals surface area contributed by atoms with E-state index in [0.717, 1.165) is 16.8 Å². The maximum atomic E-state index is 12.9. The molecule has 0 bridgehead atoms. The Kier molecular flexibility index (Phi) is 4.43. The molecule has 0 unspecified atom stereocenters. The number of hydrogen-bond donors (Lipinski definition) is 0. The van der Waals surface area contributed by atoms with E-state index in [0.29, 0.717) is 12.2 Å². The van der Waals surface area contributed by atoms with E-state index in [4.69, 9.17) is 0 Å². The molecule has 0 fully saturated rings. The van der Waals surface area contributed by atoms with Crippen LogP contribution in [0.5, 0.6) is 0 Å². The van der Waals surface area contributed by atoms with Gasteiger partial charge in [0.1, 0.15) is 5.69 Å². The van der Waals surface area contributed by atoms with Crippen molar-refractivity contribution in [3.05, 3.63) is 90.0 Å². The number of aryl methyl sites for hydroxylation is 1. The molecule has 0 spiro atoms. The van der Waals surface area contributed by atoms with Crippen molar-refractivity contribution in [3.8, 4) is 0 Å². The zero-order valence-corrected chi connectivity index (χ0v) is 12.9. The molecule has 2 aromatic carbocycles. The van der Waals surface area contributed by atoms with Gasteiger partial charge in [-0.05, 0) is 30.2 Å². The third-order valence-corrected chi connectivity index (χ3v) is 3.52. The van der Waals surface area contributed by atoms with Gasteiger partial charge in [-0.25, -0.2) is 4.98 Å². The quantitative estimate of drug-likeness (QED) is 0.739. The number of nitrogens with zero attached hydrogens (tertiary/aromatic N) is 3. The maximum absolute atomic E-state index is 12.9. The second-order valence-corrected chi connectivity index (χ2v) is 5.31. The molecule has 1 aromatic heterocycles. The van der Waals surface area contributed by atoms with Crippen molar-refractivity contribution in [2.24, 2.45) is 0 Å². The highest BCUT2D eigenvalue weighted by molar-refractivity contribution is 6.04. The van der Waals surface area contributed by atoms with Crippen LogP contribution < -0.4 is 4.90 Å². The van der Waals surface area contributed by atoms with Crippen molar-refractivity contribution in [2.45, 2.75) is 13.5 Å². The predicted octanol–water partition coefficient (Wildman–Crippen LogP) is 3.63. The predicted molar refractivity (Wildman–Crippen MR) is 90.2 cm³/mol. The minimum atomic E-state index is -0.160. The SMILES string of the molecule is Cc1cccc(N(Cc2ccccc2)C(=O)c2cnccn2)c1. The number of hydrogen-bond acceptors (Lipinski definition) is 3.